The van der Waals surface area contributed by atoms with E-state index in [2.05, 4.69) is 46.4 Å². The summed E-state index contributed by atoms with van der Waals surface area (Å²) in [5, 5.41) is 19.5. The summed E-state index contributed by atoms with van der Waals surface area (Å²) in [5.74, 6) is -0.393. The molecule has 0 unspecified atom stereocenters. The number of rotatable bonds is 10. The molecule has 0 bridgehead atoms. The number of carbonyl (C=O) groups excluding carboxylic acids is 1. The summed E-state index contributed by atoms with van der Waals surface area (Å²) in [6.07, 6.45) is 6.77. The van der Waals surface area contributed by atoms with Crippen molar-refractivity contribution in [3.05, 3.63) is 83.7 Å². The SMILES string of the molecule is CCCCCCN1C[C@@H](O)[C@H](n2cc(COC(=O)c3ccccc3)nn2)C[C@@H]1c1ccccc1. The molecule has 1 fully saturated rings. The van der Waals surface area contributed by atoms with Gasteiger partial charge >= 0.3 is 5.97 Å². The van der Waals surface area contributed by atoms with Gasteiger partial charge in [0.15, 0.2) is 0 Å². The summed E-state index contributed by atoms with van der Waals surface area (Å²) in [6, 6.07) is 19.4. The van der Waals surface area contributed by atoms with Crippen LogP contribution in [0, 0.1) is 0 Å². The third kappa shape index (κ3) is 6.10. The van der Waals surface area contributed by atoms with Gasteiger partial charge < -0.3 is 9.84 Å². The molecule has 1 aromatic heterocycles. The van der Waals surface area contributed by atoms with Crippen molar-refractivity contribution >= 4 is 5.97 Å². The highest BCUT2D eigenvalue weighted by Crippen LogP contribution is 2.36. The molecule has 2 aromatic carbocycles. The summed E-state index contributed by atoms with van der Waals surface area (Å²) in [6.45, 7) is 3.83. The Bertz CT molecular complexity index is 1020. The van der Waals surface area contributed by atoms with E-state index in [1.807, 2.05) is 12.1 Å². The van der Waals surface area contributed by atoms with Crippen LogP contribution < -0.4 is 0 Å². The van der Waals surface area contributed by atoms with Crippen LogP contribution in [0.5, 0.6) is 0 Å². The van der Waals surface area contributed by atoms with Gasteiger partial charge in [0.1, 0.15) is 12.3 Å². The van der Waals surface area contributed by atoms with Crippen molar-refractivity contribution in [1.82, 2.24) is 19.9 Å². The molecule has 180 valence electrons. The van der Waals surface area contributed by atoms with Crippen LogP contribution >= 0.6 is 0 Å². The van der Waals surface area contributed by atoms with Gasteiger partial charge in [-0.05, 0) is 37.1 Å². The van der Waals surface area contributed by atoms with Crippen molar-refractivity contribution in [2.24, 2.45) is 0 Å². The first kappa shape index (κ1) is 24.1. The first-order valence-corrected chi connectivity index (χ1v) is 12.3. The molecule has 3 atom stereocenters. The molecule has 7 heteroatoms. The number of benzene rings is 2. The second-order valence-electron chi connectivity index (χ2n) is 8.98. The Balaban J connectivity index is 1.42. The van der Waals surface area contributed by atoms with Gasteiger partial charge in [-0.1, -0.05) is 79.9 Å². The summed E-state index contributed by atoms with van der Waals surface area (Å²) < 4.78 is 7.12. The second-order valence-corrected chi connectivity index (χ2v) is 8.98. The van der Waals surface area contributed by atoms with Crippen LogP contribution in [0.25, 0.3) is 0 Å². The van der Waals surface area contributed by atoms with Gasteiger partial charge in [-0.2, -0.15) is 0 Å². The van der Waals surface area contributed by atoms with E-state index in [-0.39, 0.29) is 18.7 Å². The molecule has 7 nitrogen and oxygen atoms in total. The van der Waals surface area contributed by atoms with Crippen molar-refractivity contribution in [3.63, 3.8) is 0 Å². The number of nitrogens with zero attached hydrogens (tertiary/aromatic N) is 4. The lowest BCUT2D eigenvalue weighted by Gasteiger charge is -2.42. The molecule has 34 heavy (non-hydrogen) atoms. The fourth-order valence-corrected chi connectivity index (χ4v) is 4.66. The van der Waals surface area contributed by atoms with Crippen LogP contribution in [0.2, 0.25) is 0 Å². The third-order valence-electron chi connectivity index (χ3n) is 6.51. The predicted octanol–water partition coefficient (Wildman–Crippen LogP) is 4.56. The number of esters is 1. The lowest BCUT2D eigenvalue weighted by Crippen LogP contribution is -2.46. The van der Waals surface area contributed by atoms with Crippen LogP contribution in [0.3, 0.4) is 0 Å². The predicted molar refractivity (Wildman–Crippen MR) is 130 cm³/mol. The van der Waals surface area contributed by atoms with E-state index in [9.17, 15) is 9.90 Å². The molecule has 4 rings (SSSR count). The minimum atomic E-state index is -0.549. The lowest BCUT2D eigenvalue weighted by molar-refractivity contribution is -0.0102. The number of carbonyl (C=O) groups is 1. The minimum Gasteiger partial charge on any atom is -0.455 e. The van der Waals surface area contributed by atoms with Crippen molar-refractivity contribution in [3.8, 4) is 0 Å². The van der Waals surface area contributed by atoms with Crippen molar-refractivity contribution in [2.75, 3.05) is 13.1 Å². The molecule has 0 spiro atoms. The number of unbranched alkanes of at least 4 members (excludes halogenated alkanes) is 3. The van der Waals surface area contributed by atoms with Crippen LogP contribution in [0.15, 0.2) is 66.9 Å². The quantitative estimate of drug-likeness (QED) is 0.351. The minimum absolute atomic E-state index is 0.0439. The zero-order chi connectivity index (χ0) is 23.8. The van der Waals surface area contributed by atoms with E-state index < -0.39 is 12.1 Å². The van der Waals surface area contributed by atoms with Gasteiger partial charge in [-0.15, -0.1) is 5.10 Å². The second kappa shape index (κ2) is 11.9. The molecule has 2 heterocycles. The van der Waals surface area contributed by atoms with Gasteiger partial charge in [-0.25, -0.2) is 9.48 Å². The molecular formula is C27H34N4O3. The molecule has 3 aromatic rings. The molecule has 0 amide bonds. The maximum atomic E-state index is 12.2. The number of aliphatic hydroxyl groups excluding tert-OH is 1. The Morgan fingerprint density at radius 1 is 1.06 bits per heavy atom. The fourth-order valence-electron chi connectivity index (χ4n) is 4.66. The van der Waals surface area contributed by atoms with Gasteiger partial charge in [0, 0.05) is 12.6 Å². The van der Waals surface area contributed by atoms with Crippen LogP contribution in [0.4, 0.5) is 0 Å². The molecule has 0 saturated carbocycles. The maximum absolute atomic E-state index is 12.2. The molecule has 0 radical (unpaired) electrons. The van der Waals surface area contributed by atoms with Gasteiger partial charge in [0.25, 0.3) is 0 Å². The van der Waals surface area contributed by atoms with Gasteiger partial charge in [0.05, 0.1) is 23.9 Å². The number of likely N-dealkylation sites (tertiary alicyclic amines) is 1. The number of aliphatic hydroxyl groups is 1. The number of ether oxygens (including phenoxy) is 1. The number of piperidine rings is 1. The summed E-state index contributed by atoms with van der Waals surface area (Å²) in [7, 11) is 0. The van der Waals surface area contributed by atoms with Crippen molar-refractivity contribution in [1.29, 1.82) is 0 Å². The highest BCUT2D eigenvalue weighted by molar-refractivity contribution is 5.89. The highest BCUT2D eigenvalue weighted by Gasteiger charge is 2.36. The monoisotopic (exact) mass is 462 g/mol. The average Bonchev–Trinajstić information content (AvgIpc) is 3.35. The standard InChI is InChI=1S/C27H34N4O3/c1-2-3-4-11-16-30-19-26(32)25(17-24(30)21-12-7-5-8-13-21)31-18-23(28-29-31)20-34-27(33)22-14-9-6-10-15-22/h5-10,12-15,18,24-26,32H,2-4,11,16-17,19-20H2,1H3/t24-,25-,26-/m1/s1. The Hall–Kier alpha value is -3.03. The number of hydrogen-bond donors (Lipinski definition) is 1. The zero-order valence-corrected chi connectivity index (χ0v) is 19.8. The maximum Gasteiger partial charge on any atom is 0.338 e. The largest absolute Gasteiger partial charge is 0.455 e. The summed E-state index contributed by atoms with van der Waals surface area (Å²) >= 11 is 0. The molecular weight excluding hydrogens is 428 g/mol. The normalized spacial score (nSPS) is 20.8. The zero-order valence-electron chi connectivity index (χ0n) is 19.8. The smallest absolute Gasteiger partial charge is 0.338 e. The van der Waals surface area contributed by atoms with Gasteiger partial charge in [-0.3, -0.25) is 4.90 Å². The van der Waals surface area contributed by atoms with Crippen LogP contribution in [-0.2, 0) is 11.3 Å². The number of aromatic nitrogens is 3. The number of β-amino-alcohol motifs (C(OH)–C–C–N with tert-alkyl or cyclic N) is 1. The van der Waals surface area contributed by atoms with Crippen molar-refractivity contribution in [2.45, 2.75) is 63.8 Å². The third-order valence-corrected chi connectivity index (χ3v) is 6.51. The summed E-state index contributed by atoms with van der Waals surface area (Å²) in [4.78, 5) is 14.6. The first-order chi connectivity index (χ1) is 16.7. The van der Waals surface area contributed by atoms with E-state index in [0.29, 0.717) is 17.8 Å². The molecule has 1 aliphatic heterocycles. The summed E-state index contributed by atoms with van der Waals surface area (Å²) in [5.41, 5.74) is 2.32. The highest BCUT2D eigenvalue weighted by atomic mass is 16.5. The van der Waals surface area contributed by atoms with E-state index in [1.54, 1.807) is 35.1 Å². The number of hydrogen-bond acceptors (Lipinski definition) is 6. The average molecular weight is 463 g/mol. The van der Waals surface area contributed by atoms with E-state index in [0.717, 1.165) is 19.4 Å². The van der Waals surface area contributed by atoms with Crippen molar-refractivity contribution < 1.29 is 14.6 Å². The Morgan fingerprint density at radius 2 is 1.79 bits per heavy atom. The lowest BCUT2D eigenvalue weighted by atomic mass is 9.89. The Labute approximate surface area is 201 Å². The Kier molecular flexibility index (Phi) is 8.44. The van der Waals surface area contributed by atoms with E-state index in [4.69, 9.17) is 4.74 Å². The van der Waals surface area contributed by atoms with Crippen LogP contribution in [-0.4, -0.2) is 50.2 Å². The molecule has 1 aliphatic rings. The molecule has 0 aliphatic carbocycles. The molecule has 1 saturated heterocycles. The topological polar surface area (TPSA) is 80.5 Å². The molecule has 1 N–H and O–H groups in total. The van der Waals surface area contributed by atoms with Gasteiger partial charge in [0.2, 0.25) is 0 Å². The van der Waals surface area contributed by atoms with E-state index in [1.165, 1.54) is 24.8 Å². The van der Waals surface area contributed by atoms with E-state index >= 15 is 0 Å². The first-order valence-electron chi connectivity index (χ1n) is 12.3. The fraction of sp³-hybridized carbons (Fsp3) is 0.444. The van der Waals surface area contributed by atoms with Crippen LogP contribution in [0.1, 0.15) is 72.7 Å². The Morgan fingerprint density at radius 3 is 2.53 bits per heavy atom.